The number of morpholine rings is 2. The summed E-state index contributed by atoms with van der Waals surface area (Å²) in [5.41, 5.74) is 8.44. The molecular weight excluding hydrogens is 455 g/mol. The lowest BCUT2D eigenvalue weighted by molar-refractivity contribution is 0.122. The summed E-state index contributed by atoms with van der Waals surface area (Å²) in [6.45, 7) is 8.19. The summed E-state index contributed by atoms with van der Waals surface area (Å²) >= 11 is 0. The number of hydrogen-bond acceptors (Lipinski definition) is 10. The van der Waals surface area contributed by atoms with E-state index in [2.05, 4.69) is 91.8 Å². The van der Waals surface area contributed by atoms with Gasteiger partial charge in [0.05, 0.1) is 32.6 Å². The van der Waals surface area contributed by atoms with Gasteiger partial charge in [-0.05, 0) is 30.7 Å². The molecule has 2 saturated heterocycles. The second-order valence-corrected chi connectivity index (χ2v) is 8.89. The Morgan fingerprint density at radius 2 is 1.53 bits per heavy atom. The molecule has 0 unspecified atom stereocenters. The van der Waals surface area contributed by atoms with E-state index >= 15 is 0 Å². The van der Waals surface area contributed by atoms with Crippen molar-refractivity contribution >= 4 is 48.7 Å². The minimum Gasteiger partial charge on any atom is -0.378 e. The van der Waals surface area contributed by atoms with Gasteiger partial charge in [0.2, 0.25) is 17.8 Å². The van der Waals surface area contributed by atoms with Crippen LogP contribution in [0.2, 0.25) is 0 Å². The zero-order chi connectivity index (χ0) is 24.7. The summed E-state index contributed by atoms with van der Waals surface area (Å²) in [4.78, 5) is 18.3. The number of nitrogens with one attached hydrogen (secondary N) is 2. The molecule has 0 saturated carbocycles. The Bertz CT molecular complexity index is 1200. The lowest BCUT2D eigenvalue weighted by Gasteiger charge is -2.28. The van der Waals surface area contributed by atoms with Crippen molar-refractivity contribution in [3.05, 3.63) is 53.6 Å². The predicted octanol–water partition coefficient (Wildman–Crippen LogP) is 1.30. The van der Waals surface area contributed by atoms with Crippen LogP contribution < -0.4 is 26.0 Å². The fraction of sp³-hybridized carbons (Fsp3) is 0.360. The Morgan fingerprint density at radius 3 is 2.22 bits per heavy atom. The quantitative estimate of drug-likeness (QED) is 0.291. The molecule has 186 valence electrons. The van der Waals surface area contributed by atoms with Crippen LogP contribution in [0.5, 0.6) is 0 Å². The SMILES string of the molecule is Bc1cc(C)ccc1Nc1nc(N/N=C/c2ccc(N3CCOCC3)cc2)nc(N2CCOCC2)n1. The first-order valence-corrected chi connectivity index (χ1v) is 12.3. The Kier molecular flexibility index (Phi) is 7.58. The normalized spacial score (nSPS) is 16.4. The van der Waals surface area contributed by atoms with Gasteiger partial charge in [0, 0.05) is 37.6 Å². The fourth-order valence-electron chi connectivity index (χ4n) is 4.21. The zero-order valence-electron chi connectivity index (χ0n) is 20.8. The number of hydrogen-bond donors (Lipinski definition) is 2. The maximum absolute atomic E-state index is 5.49. The highest BCUT2D eigenvalue weighted by Gasteiger charge is 2.17. The Hall–Kier alpha value is -3.70. The maximum Gasteiger partial charge on any atom is 0.250 e. The van der Waals surface area contributed by atoms with Crippen LogP contribution >= 0.6 is 0 Å². The second-order valence-electron chi connectivity index (χ2n) is 8.89. The molecule has 5 rings (SSSR count). The zero-order valence-corrected chi connectivity index (χ0v) is 20.8. The third kappa shape index (κ3) is 6.10. The van der Waals surface area contributed by atoms with Gasteiger partial charge < -0.3 is 24.6 Å². The van der Waals surface area contributed by atoms with Crippen LogP contribution in [0.1, 0.15) is 11.1 Å². The second kappa shape index (κ2) is 11.4. The number of nitrogens with zero attached hydrogens (tertiary/aromatic N) is 6. The van der Waals surface area contributed by atoms with Crippen molar-refractivity contribution in [2.75, 3.05) is 73.1 Å². The molecule has 10 nitrogen and oxygen atoms in total. The number of anilines is 5. The van der Waals surface area contributed by atoms with Gasteiger partial charge in [-0.3, -0.25) is 0 Å². The summed E-state index contributed by atoms with van der Waals surface area (Å²) < 4.78 is 10.9. The summed E-state index contributed by atoms with van der Waals surface area (Å²) in [6.07, 6.45) is 1.76. The van der Waals surface area contributed by atoms with E-state index in [9.17, 15) is 0 Å². The van der Waals surface area contributed by atoms with Crippen LogP contribution in [-0.4, -0.2) is 81.6 Å². The predicted molar refractivity (Wildman–Crippen MR) is 146 cm³/mol. The van der Waals surface area contributed by atoms with Gasteiger partial charge in [-0.15, -0.1) is 0 Å². The average molecular weight is 486 g/mol. The van der Waals surface area contributed by atoms with Gasteiger partial charge in [0.1, 0.15) is 7.85 Å². The van der Waals surface area contributed by atoms with Crippen LogP contribution in [0.4, 0.5) is 29.2 Å². The van der Waals surface area contributed by atoms with Gasteiger partial charge in [-0.2, -0.15) is 20.1 Å². The average Bonchev–Trinajstić information content (AvgIpc) is 2.92. The van der Waals surface area contributed by atoms with Crippen molar-refractivity contribution in [3.63, 3.8) is 0 Å². The summed E-state index contributed by atoms with van der Waals surface area (Å²) in [5, 5.41) is 7.72. The minimum atomic E-state index is 0.375. The number of aryl methyl sites for hydroxylation is 1. The van der Waals surface area contributed by atoms with E-state index in [1.807, 2.05) is 6.07 Å². The van der Waals surface area contributed by atoms with Crippen LogP contribution in [0.15, 0.2) is 47.6 Å². The lowest BCUT2D eigenvalue weighted by Crippen LogP contribution is -2.37. The van der Waals surface area contributed by atoms with Crippen LogP contribution in [0, 0.1) is 6.92 Å². The van der Waals surface area contributed by atoms with Crippen LogP contribution in [-0.2, 0) is 9.47 Å². The molecule has 2 fully saturated rings. The van der Waals surface area contributed by atoms with E-state index in [1.54, 1.807) is 6.21 Å². The molecular formula is C25H31BN8O2. The maximum atomic E-state index is 5.49. The molecule has 0 radical (unpaired) electrons. The standard InChI is InChI=1S/C25H31BN8O2/c1-18-2-7-22(21(26)16-18)28-23-29-24(31-25(30-23)34-10-14-36-15-11-34)32-27-17-19-3-5-20(6-4-19)33-8-12-35-13-9-33/h2-7,16-17H,8-15,26H2,1H3,(H2,28,29,30,31,32)/b27-17+. The highest BCUT2D eigenvalue weighted by atomic mass is 16.5. The Morgan fingerprint density at radius 1 is 0.861 bits per heavy atom. The van der Waals surface area contributed by atoms with E-state index in [0.717, 1.165) is 56.1 Å². The molecule has 3 aromatic rings. The molecule has 0 amide bonds. The largest absolute Gasteiger partial charge is 0.378 e. The number of rotatable bonds is 7. The first-order valence-electron chi connectivity index (χ1n) is 12.3. The Labute approximate surface area is 212 Å². The number of hydrazone groups is 1. The van der Waals surface area contributed by atoms with Crippen molar-refractivity contribution in [2.24, 2.45) is 5.10 Å². The van der Waals surface area contributed by atoms with E-state index in [-0.39, 0.29) is 0 Å². The van der Waals surface area contributed by atoms with Crippen LogP contribution in [0.3, 0.4) is 0 Å². The van der Waals surface area contributed by atoms with Crippen molar-refractivity contribution < 1.29 is 9.47 Å². The van der Waals surface area contributed by atoms with Gasteiger partial charge >= 0.3 is 0 Å². The Balaban J connectivity index is 1.31. The number of ether oxygens (including phenoxy) is 2. The minimum absolute atomic E-state index is 0.375. The molecule has 1 aromatic heterocycles. The first kappa shape index (κ1) is 24.0. The topological polar surface area (TPSA) is 100 Å². The first-order chi connectivity index (χ1) is 17.6. The molecule has 2 aromatic carbocycles. The molecule has 3 heterocycles. The number of benzene rings is 2. The molecule has 11 heteroatoms. The summed E-state index contributed by atoms with van der Waals surface area (Å²) in [5.74, 6) is 1.43. The van der Waals surface area contributed by atoms with Crippen molar-refractivity contribution in [2.45, 2.75) is 6.92 Å². The molecule has 0 spiro atoms. The third-order valence-electron chi connectivity index (χ3n) is 6.19. The molecule has 2 N–H and O–H groups in total. The fourth-order valence-corrected chi connectivity index (χ4v) is 4.21. The third-order valence-corrected chi connectivity index (χ3v) is 6.19. The summed E-state index contributed by atoms with van der Waals surface area (Å²) in [7, 11) is 2.06. The van der Waals surface area contributed by atoms with Gasteiger partial charge in [0.15, 0.2) is 0 Å². The van der Waals surface area contributed by atoms with Gasteiger partial charge in [-0.1, -0.05) is 35.3 Å². The molecule has 0 bridgehead atoms. The monoisotopic (exact) mass is 486 g/mol. The van der Waals surface area contributed by atoms with Gasteiger partial charge in [-0.25, -0.2) is 5.43 Å². The van der Waals surface area contributed by atoms with E-state index in [4.69, 9.17) is 9.47 Å². The van der Waals surface area contributed by atoms with Crippen molar-refractivity contribution in [1.29, 1.82) is 0 Å². The molecule has 0 atom stereocenters. The molecule has 36 heavy (non-hydrogen) atoms. The molecule has 2 aliphatic rings. The van der Waals surface area contributed by atoms with E-state index in [1.165, 1.54) is 11.3 Å². The van der Waals surface area contributed by atoms with Crippen molar-refractivity contribution in [1.82, 2.24) is 15.0 Å². The molecule has 2 aliphatic heterocycles. The van der Waals surface area contributed by atoms with E-state index in [0.29, 0.717) is 31.1 Å². The summed E-state index contributed by atoms with van der Waals surface area (Å²) in [6, 6.07) is 14.5. The smallest absolute Gasteiger partial charge is 0.250 e. The van der Waals surface area contributed by atoms with Crippen LogP contribution in [0.25, 0.3) is 0 Å². The lowest BCUT2D eigenvalue weighted by atomic mass is 9.92. The highest BCUT2D eigenvalue weighted by Crippen LogP contribution is 2.19. The van der Waals surface area contributed by atoms with Crippen molar-refractivity contribution in [3.8, 4) is 0 Å². The highest BCUT2D eigenvalue weighted by molar-refractivity contribution is 6.36. The molecule has 0 aliphatic carbocycles. The van der Waals surface area contributed by atoms with E-state index < -0.39 is 0 Å². The number of aromatic nitrogens is 3. The van der Waals surface area contributed by atoms with Gasteiger partial charge in [0.25, 0.3) is 0 Å².